The van der Waals surface area contributed by atoms with E-state index in [4.69, 9.17) is 9.47 Å². The van der Waals surface area contributed by atoms with Crippen LogP contribution in [-0.4, -0.2) is 45.0 Å². The second-order valence-electron chi connectivity index (χ2n) is 5.69. The summed E-state index contributed by atoms with van der Waals surface area (Å²) in [6.07, 6.45) is 3.11. The van der Waals surface area contributed by atoms with Gasteiger partial charge in [0.1, 0.15) is 0 Å². The van der Waals surface area contributed by atoms with Crippen molar-refractivity contribution in [3.8, 4) is 11.5 Å². The highest BCUT2D eigenvalue weighted by Crippen LogP contribution is 2.33. The van der Waals surface area contributed by atoms with Crippen molar-refractivity contribution in [1.29, 1.82) is 0 Å². The Morgan fingerprint density at radius 1 is 1.00 bits per heavy atom. The molecule has 0 radical (unpaired) electrons. The molecule has 0 saturated carbocycles. The number of nitrogens with one attached hydrogen (secondary N) is 1. The second-order valence-corrected chi connectivity index (χ2v) is 5.69. The first-order valence-electron chi connectivity index (χ1n) is 7.98. The lowest BCUT2D eigenvalue weighted by molar-refractivity contribution is -0.111. The van der Waals surface area contributed by atoms with Gasteiger partial charge < -0.3 is 19.7 Å². The summed E-state index contributed by atoms with van der Waals surface area (Å²) in [6.45, 7) is 0. The average Bonchev–Trinajstić information content (AvgIpc) is 2.66. The molecule has 0 aromatic heterocycles. The monoisotopic (exact) mass is 354 g/mol. The maximum absolute atomic E-state index is 12.5. The molecule has 0 saturated heterocycles. The molecular formula is C20H22N2O4. The van der Waals surface area contributed by atoms with Gasteiger partial charge >= 0.3 is 0 Å². The van der Waals surface area contributed by atoms with Crippen LogP contribution in [-0.2, 0) is 4.79 Å². The maximum Gasteiger partial charge on any atom is 0.255 e. The van der Waals surface area contributed by atoms with E-state index in [-0.39, 0.29) is 11.8 Å². The van der Waals surface area contributed by atoms with Crippen LogP contribution in [0.15, 0.2) is 48.5 Å². The number of ether oxygens (including phenoxy) is 2. The van der Waals surface area contributed by atoms with Gasteiger partial charge in [-0.1, -0.05) is 30.3 Å². The van der Waals surface area contributed by atoms with E-state index in [1.54, 1.807) is 32.3 Å². The van der Waals surface area contributed by atoms with Crippen molar-refractivity contribution in [2.45, 2.75) is 0 Å². The number of rotatable bonds is 6. The third-order valence-corrected chi connectivity index (χ3v) is 3.64. The van der Waals surface area contributed by atoms with Crippen LogP contribution < -0.4 is 14.8 Å². The summed E-state index contributed by atoms with van der Waals surface area (Å²) in [5.41, 5.74) is 1.57. The molecular weight excluding hydrogens is 332 g/mol. The summed E-state index contributed by atoms with van der Waals surface area (Å²) in [5, 5.41) is 2.73. The van der Waals surface area contributed by atoms with E-state index < -0.39 is 0 Å². The van der Waals surface area contributed by atoms with Gasteiger partial charge in [-0.15, -0.1) is 0 Å². The van der Waals surface area contributed by atoms with Gasteiger partial charge in [0.2, 0.25) is 5.91 Å². The molecule has 0 bridgehead atoms. The number of amides is 2. The topological polar surface area (TPSA) is 67.9 Å². The SMILES string of the molecule is COc1cc(NC(=O)/C=C/c2ccccc2)c(C(=O)N(C)C)cc1OC. The van der Waals surface area contributed by atoms with Crippen molar-refractivity contribution >= 4 is 23.6 Å². The first kappa shape index (κ1) is 19.1. The van der Waals surface area contributed by atoms with Gasteiger partial charge in [0.05, 0.1) is 25.5 Å². The largest absolute Gasteiger partial charge is 0.493 e. The van der Waals surface area contributed by atoms with Gasteiger partial charge in [-0.2, -0.15) is 0 Å². The Labute approximate surface area is 153 Å². The van der Waals surface area contributed by atoms with Crippen molar-refractivity contribution in [3.05, 3.63) is 59.7 Å². The Bertz CT molecular complexity index is 814. The Morgan fingerprint density at radius 2 is 1.62 bits per heavy atom. The molecule has 0 fully saturated rings. The lowest BCUT2D eigenvalue weighted by atomic mass is 10.1. The zero-order valence-corrected chi connectivity index (χ0v) is 15.3. The van der Waals surface area contributed by atoms with E-state index in [0.717, 1.165) is 5.56 Å². The molecule has 0 spiro atoms. The highest BCUT2D eigenvalue weighted by molar-refractivity contribution is 6.08. The lowest BCUT2D eigenvalue weighted by Gasteiger charge is -2.17. The van der Waals surface area contributed by atoms with Crippen LogP contribution in [0.3, 0.4) is 0 Å². The Kier molecular flexibility index (Phi) is 6.38. The number of methoxy groups -OCH3 is 2. The van der Waals surface area contributed by atoms with Crippen molar-refractivity contribution in [3.63, 3.8) is 0 Å². The van der Waals surface area contributed by atoms with Gasteiger partial charge in [-0.25, -0.2) is 0 Å². The molecule has 0 aliphatic carbocycles. The van der Waals surface area contributed by atoms with Gasteiger partial charge in [-0.3, -0.25) is 9.59 Å². The maximum atomic E-state index is 12.5. The molecule has 0 unspecified atom stereocenters. The molecule has 2 amide bonds. The first-order valence-corrected chi connectivity index (χ1v) is 7.98. The van der Waals surface area contributed by atoms with Crippen molar-refractivity contribution in [1.82, 2.24) is 4.90 Å². The molecule has 2 rings (SSSR count). The normalized spacial score (nSPS) is 10.5. The van der Waals surface area contributed by atoms with Crippen LogP contribution in [0.4, 0.5) is 5.69 Å². The zero-order valence-electron chi connectivity index (χ0n) is 15.3. The first-order chi connectivity index (χ1) is 12.5. The predicted molar refractivity (Wildman–Crippen MR) is 102 cm³/mol. The lowest BCUT2D eigenvalue weighted by Crippen LogP contribution is -2.24. The summed E-state index contributed by atoms with van der Waals surface area (Å²) in [4.78, 5) is 26.2. The van der Waals surface area contributed by atoms with Gasteiger partial charge in [0.25, 0.3) is 5.91 Å². The molecule has 1 N–H and O–H groups in total. The number of hydrogen-bond acceptors (Lipinski definition) is 4. The fraction of sp³-hybridized carbons (Fsp3) is 0.200. The summed E-state index contributed by atoms with van der Waals surface area (Å²) in [6, 6.07) is 12.6. The molecule has 2 aromatic rings. The standard InChI is InChI=1S/C20H22N2O4/c1-22(2)20(24)15-12-17(25-3)18(26-4)13-16(15)21-19(23)11-10-14-8-6-5-7-9-14/h5-13H,1-4H3,(H,21,23)/b11-10+. The number of carbonyl (C=O) groups is 2. The fourth-order valence-corrected chi connectivity index (χ4v) is 2.31. The Hall–Kier alpha value is -3.28. The molecule has 0 aliphatic rings. The van der Waals surface area contributed by atoms with E-state index >= 15 is 0 Å². The van der Waals surface area contributed by atoms with Crippen LogP contribution in [0.25, 0.3) is 6.08 Å². The molecule has 6 heteroatoms. The van der Waals surface area contributed by atoms with E-state index in [2.05, 4.69) is 5.32 Å². The van der Waals surface area contributed by atoms with Crippen molar-refractivity contribution in [2.75, 3.05) is 33.6 Å². The smallest absolute Gasteiger partial charge is 0.255 e. The molecule has 26 heavy (non-hydrogen) atoms. The molecule has 6 nitrogen and oxygen atoms in total. The van der Waals surface area contributed by atoms with Crippen LogP contribution in [0.5, 0.6) is 11.5 Å². The predicted octanol–water partition coefficient (Wildman–Crippen LogP) is 3.06. The van der Waals surface area contributed by atoms with E-state index in [9.17, 15) is 9.59 Å². The van der Waals surface area contributed by atoms with Gasteiger partial charge in [0.15, 0.2) is 11.5 Å². The van der Waals surface area contributed by atoms with Gasteiger partial charge in [-0.05, 0) is 17.7 Å². The highest BCUT2D eigenvalue weighted by atomic mass is 16.5. The molecule has 2 aromatic carbocycles. The van der Waals surface area contributed by atoms with E-state index in [1.165, 1.54) is 25.2 Å². The molecule has 0 heterocycles. The third kappa shape index (κ3) is 4.63. The van der Waals surface area contributed by atoms with Crippen LogP contribution in [0.2, 0.25) is 0 Å². The number of anilines is 1. The zero-order chi connectivity index (χ0) is 19.1. The minimum Gasteiger partial charge on any atom is -0.493 e. The second kappa shape index (κ2) is 8.71. The minimum atomic E-state index is -0.353. The Balaban J connectivity index is 2.32. The van der Waals surface area contributed by atoms with E-state index in [0.29, 0.717) is 22.7 Å². The van der Waals surface area contributed by atoms with Crippen LogP contribution >= 0.6 is 0 Å². The summed E-state index contributed by atoms with van der Waals surface area (Å²) < 4.78 is 10.5. The van der Waals surface area contributed by atoms with Crippen molar-refractivity contribution < 1.29 is 19.1 Å². The summed E-state index contributed by atoms with van der Waals surface area (Å²) >= 11 is 0. The molecule has 0 aliphatic heterocycles. The van der Waals surface area contributed by atoms with Gasteiger partial charge in [0, 0.05) is 26.2 Å². The van der Waals surface area contributed by atoms with Crippen LogP contribution in [0, 0.1) is 0 Å². The molecule has 136 valence electrons. The Morgan fingerprint density at radius 3 is 2.19 bits per heavy atom. The third-order valence-electron chi connectivity index (χ3n) is 3.64. The quantitative estimate of drug-likeness (QED) is 0.810. The minimum absolute atomic E-state index is 0.256. The molecule has 0 atom stereocenters. The number of hydrogen-bond donors (Lipinski definition) is 1. The number of nitrogens with zero attached hydrogens (tertiary/aromatic N) is 1. The number of benzene rings is 2. The average molecular weight is 354 g/mol. The fourth-order valence-electron chi connectivity index (χ4n) is 2.31. The van der Waals surface area contributed by atoms with Crippen LogP contribution in [0.1, 0.15) is 15.9 Å². The summed E-state index contributed by atoms with van der Waals surface area (Å²) in [5.74, 6) is 0.225. The van der Waals surface area contributed by atoms with Crippen molar-refractivity contribution in [2.24, 2.45) is 0 Å². The number of carbonyl (C=O) groups excluding carboxylic acids is 2. The highest BCUT2D eigenvalue weighted by Gasteiger charge is 2.19. The van der Waals surface area contributed by atoms with E-state index in [1.807, 2.05) is 30.3 Å². The summed E-state index contributed by atoms with van der Waals surface area (Å²) in [7, 11) is 6.26.